The SMILES string of the molecule is Cn1cnc(Cn2c(=O)nc(Nc3cc4cn(C5CCOCC5)nc4cc3Cl)n(Cc3cc(F)c(F)cc3F)c2=O)n1. The molecule has 1 fully saturated rings. The predicted octanol–water partition coefficient (Wildman–Crippen LogP) is 3.15. The number of ether oxygens (including phenoxy) is 1. The van der Waals surface area contributed by atoms with E-state index in [9.17, 15) is 22.8 Å². The largest absolute Gasteiger partial charge is 0.381 e. The van der Waals surface area contributed by atoms with Crippen LogP contribution < -0.4 is 16.7 Å². The lowest BCUT2D eigenvalue weighted by Crippen LogP contribution is -2.43. The van der Waals surface area contributed by atoms with Gasteiger partial charge in [0.15, 0.2) is 17.5 Å². The van der Waals surface area contributed by atoms with Gasteiger partial charge in [0.2, 0.25) is 5.95 Å². The number of hydrogen-bond donors (Lipinski definition) is 1. The third kappa shape index (κ3) is 5.39. The summed E-state index contributed by atoms with van der Waals surface area (Å²) in [7, 11) is 1.61. The van der Waals surface area contributed by atoms with Crippen molar-refractivity contribution in [3.63, 3.8) is 0 Å². The zero-order chi connectivity index (χ0) is 29.5. The number of fused-ring (bicyclic) bond motifs is 1. The summed E-state index contributed by atoms with van der Waals surface area (Å²) in [6.07, 6.45) is 4.88. The number of aryl methyl sites for hydroxylation is 1. The van der Waals surface area contributed by atoms with Gasteiger partial charge in [0.25, 0.3) is 0 Å². The first-order chi connectivity index (χ1) is 20.2. The van der Waals surface area contributed by atoms with Crippen molar-refractivity contribution in [3.8, 4) is 0 Å². The lowest BCUT2D eigenvalue weighted by atomic mass is 10.1. The highest BCUT2D eigenvalue weighted by atomic mass is 35.5. The minimum atomic E-state index is -1.38. The van der Waals surface area contributed by atoms with Gasteiger partial charge in [-0.25, -0.2) is 32.3 Å². The lowest BCUT2D eigenvalue weighted by molar-refractivity contribution is 0.0664. The zero-order valence-corrected chi connectivity index (χ0v) is 22.9. The van der Waals surface area contributed by atoms with Crippen LogP contribution in [0.1, 0.15) is 30.3 Å². The molecule has 5 aromatic rings. The highest BCUT2D eigenvalue weighted by Gasteiger charge is 2.21. The van der Waals surface area contributed by atoms with Crippen LogP contribution in [0.15, 0.2) is 46.4 Å². The molecule has 12 nitrogen and oxygen atoms in total. The van der Waals surface area contributed by atoms with E-state index in [0.717, 1.165) is 27.4 Å². The van der Waals surface area contributed by atoms with Crippen LogP contribution in [0.4, 0.5) is 24.8 Å². The van der Waals surface area contributed by atoms with Crippen molar-refractivity contribution >= 4 is 34.1 Å². The van der Waals surface area contributed by atoms with Crippen LogP contribution in [0.25, 0.3) is 10.9 Å². The van der Waals surface area contributed by atoms with Crippen molar-refractivity contribution in [2.75, 3.05) is 18.5 Å². The minimum absolute atomic E-state index is 0.153. The second-order valence-corrected chi connectivity index (χ2v) is 10.2. The van der Waals surface area contributed by atoms with E-state index in [1.54, 1.807) is 19.2 Å². The van der Waals surface area contributed by atoms with Crippen LogP contribution in [0.2, 0.25) is 5.02 Å². The molecule has 1 aliphatic rings. The van der Waals surface area contributed by atoms with E-state index in [4.69, 9.17) is 16.3 Å². The molecule has 0 spiro atoms. The maximum absolute atomic E-state index is 14.6. The Balaban J connectivity index is 1.42. The maximum atomic E-state index is 14.6. The van der Waals surface area contributed by atoms with E-state index in [0.29, 0.717) is 30.9 Å². The van der Waals surface area contributed by atoms with E-state index < -0.39 is 35.4 Å². The smallest absolute Gasteiger partial charge is 0.355 e. The summed E-state index contributed by atoms with van der Waals surface area (Å²) >= 11 is 6.54. The molecule has 0 saturated carbocycles. The molecule has 0 bridgehead atoms. The zero-order valence-electron chi connectivity index (χ0n) is 22.1. The van der Waals surface area contributed by atoms with E-state index in [1.807, 2.05) is 10.9 Å². The van der Waals surface area contributed by atoms with Gasteiger partial charge in [-0.15, -0.1) is 0 Å². The second kappa shape index (κ2) is 11.1. The predicted molar refractivity (Wildman–Crippen MR) is 145 cm³/mol. The van der Waals surface area contributed by atoms with Gasteiger partial charge < -0.3 is 10.1 Å². The monoisotopic (exact) mass is 601 g/mol. The first-order valence-corrected chi connectivity index (χ1v) is 13.3. The van der Waals surface area contributed by atoms with Crippen LogP contribution in [-0.2, 0) is 24.9 Å². The minimum Gasteiger partial charge on any atom is -0.381 e. The molecular weight excluding hydrogens is 579 g/mol. The molecule has 1 aliphatic heterocycles. The van der Waals surface area contributed by atoms with Crippen molar-refractivity contribution < 1.29 is 17.9 Å². The third-order valence-electron chi connectivity index (χ3n) is 6.94. The van der Waals surface area contributed by atoms with Gasteiger partial charge in [0.05, 0.1) is 35.4 Å². The molecular formula is C26H23ClF3N9O3. The molecule has 42 heavy (non-hydrogen) atoms. The Morgan fingerprint density at radius 2 is 1.76 bits per heavy atom. The molecule has 4 heterocycles. The first kappa shape index (κ1) is 27.7. The van der Waals surface area contributed by atoms with Crippen LogP contribution in [0, 0.1) is 17.5 Å². The quantitative estimate of drug-likeness (QED) is 0.282. The number of nitrogens with one attached hydrogen (secondary N) is 1. The van der Waals surface area contributed by atoms with Crippen molar-refractivity contribution in [2.45, 2.75) is 32.0 Å². The number of halogens is 4. The molecule has 6 rings (SSSR count). The van der Waals surface area contributed by atoms with E-state index in [-0.39, 0.29) is 40.6 Å². The molecule has 1 N–H and O–H groups in total. The summed E-state index contributed by atoms with van der Waals surface area (Å²) in [6.45, 7) is 0.356. The van der Waals surface area contributed by atoms with Crippen molar-refractivity contribution in [1.29, 1.82) is 0 Å². The average molecular weight is 602 g/mol. The molecule has 218 valence electrons. The van der Waals surface area contributed by atoms with Gasteiger partial charge in [-0.1, -0.05) is 11.6 Å². The van der Waals surface area contributed by atoms with E-state index in [1.165, 1.54) is 11.0 Å². The van der Waals surface area contributed by atoms with Gasteiger partial charge in [-0.05, 0) is 31.0 Å². The standard InChI is InChI=1S/C26H23ClF3N9O3/c1-36-13-31-23(35-36)12-38-25(40)33-24(37(26(38)41)10-14-6-19(29)20(30)9-18(14)28)32-22-7-15-11-39(16-2-4-42-5-3-16)34-21(15)8-17(22)27/h6-9,11,13,16H,2-5,10,12H2,1H3,(H,32,33,40). The van der Waals surface area contributed by atoms with Gasteiger partial charge in [-0.2, -0.15) is 15.2 Å². The first-order valence-electron chi connectivity index (χ1n) is 12.9. The highest BCUT2D eigenvalue weighted by molar-refractivity contribution is 6.34. The topological polar surface area (TPSA) is 127 Å². The fourth-order valence-electron chi connectivity index (χ4n) is 4.77. The molecule has 2 aromatic carbocycles. The highest BCUT2D eigenvalue weighted by Crippen LogP contribution is 2.31. The van der Waals surface area contributed by atoms with Gasteiger partial charge in [0.1, 0.15) is 12.1 Å². The summed E-state index contributed by atoms with van der Waals surface area (Å²) in [5.74, 6) is -3.91. The summed E-state index contributed by atoms with van der Waals surface area (Å²) in [5.41, 5.74) is -1.29. The van der Waals surface area contributed by atoms with Crippen LogP contribution >= 0.6 is 11.6 Å². The van der Waals surface area contributed by atoms with Crippen LogP contribution in [0.3, 0.4) is 0 Å². The van der Waals surface area contributed by atoms with Crippen LogP contribution in [0.5, 0.6) is 0 Å². The maximum Gasteiger partial charge on any atom is 0.355 e. The summed E-state index contributed by atoms with van der Waals surface area (Å²) < 4.78 is 52.6. The third-order valence-corrected chi connectivity index (χ3v) is 7.25. The molecule has 0 atom stereocenters. The van der Waals surface area contributed by atoms with Crippen molar-refractivity contribution in [2.24, 2.45) is 7.05 Å². The fraction of sp³-hybridized carbons (Fsp3) is 0.308. The second-order valence-electron chi connectivity index (χ2n) is 9.83. The Hall–Kier alpha value is -4.50. The Bertz CT molecular complexity index is 1930. The summed E-state index contributed by atoms with van der Waals surface area (Å²) in [4.78, 5) is 34.6. The van der Waals surface area contributed by atoms with Crippen molar-refractivity contribution in [1.82, 2.24) is 38.7 Å². The number of benzene rings is 2. The van der Waals surface area contributed by atoms with Gasteiger partial charge >= 0.3 is 11.4 Å². The van der Waals surface area contributed by atoms with E-state index in [2.05, 4.69) is 25.5 Å². The average Bonchev–Trinajstić information content (AvgIpc) is 3.57. The number of aromatic nitrogens is 8. The normalized spacial score (nSPS) is 14.1. The van der Waals surface area contributed by atoms with Crippen LogP contribution in [-0.4, -0.2) is 51.9 Å². The van der Waals surface area contributed by atoms with Gasteiger partial charge in [0, 0.05) is 43.5 Å². The Morgan fingerprint density at radius 1 is 1.00 bits per heavy atom. The van der Waals surface area contributed by atoms with E-state index >= 15 is 0 Å². The molecule has 0 radical (unpaired) electrons. The number of nitrogens with zero attached hydrogens (tertiary/aromatic N) is 8. The summed E-state index contributed by atoms with van der Waals surface area (Å²) in [5, 5.41) is 12.5. The molecule has 0 aliphatic carbocycles. The fourth-order valence-corrected chi connectivity index (χ4v) is 4.98. The molecule has 1 saturated heterocycles. The lowest BCUT2D eigenvalue weighted by Gasteiger charge is -2.22. The number of anilines is 2. The van der Waals surface area contributed by atoms with Crippen molar-refractivity contribution in [3.05, 3.63) is 91.6 Å². The number of hydrogen-bond acceptors (Lipinski definition) is 8. The summed E-state index contributed by atoms with van der Waals surface area (Å²) in [6, 6.07) is 4.49. The molecule has 0 amide bonds. The Labute approximate surface area is 239 Å². The molecule has 3 aromatic heterocycles. The Morgan fingerprint density at radius 3 is 2.50 bits per heavy atom. The molecule has 0 unspecified atom stereocenters. The molecule has 16 heteroatoms. The Kier molecular flexibility index (Phi) is 7.28. The number of rotatable bonds is 7. The van der Waals surface area contributed by atoms with Gasteiger partial charge in [-0.3, -0.25) is 13.9 Å².